The minimum absolute atomic E-state index is 0.0704. The maximum absolute atomic E-state index is 12.0. The molecule has 0 aromatic heterocycles. The Morgan fingerprint density at radius 3 is 2.35 bits per heavy atom. The number of nitrogens with zero attached hydrogens (tertiary/aromatic N) is 2. The van der Waals surface area contributed by atoms with Crippen molar-refractivity contribution in [3.63, 3.8) is 0 Å². The second kappa shape index (κ2) is 8.89. The van der Waals surface area contributed by atoms with Crippen molar-refractivity contribution in [3.8, 4) is 0 Å². The van der Waals surface area contributed by atoms with E-state index in [0.717, 1.165) is 17.7 Å². The molecule has 1 aromatic rings. The van der Waals surface area contributed by atoms with E-state index in [2.05, 4.69) is 5.32 Å². The first-order chi connectivity index (χ1) is 10.7. The summed E-state index contributed by atoms with van der Waals surface area (Å²) < 4.78 is 0. The average Bonchev–Trinajstić information content (AvgIpc) is 2.40. The van der Waals surface area contributed by atoms with E-state index in [1.54, 1.807) is 4.90 Å². The van der Waals surface area contributed by atoms with Gasteiger partial charge in [0.2, 0.25) is 11.8 Å². The van der Waals surface area contributed by atoms with E-state index in [1.165, 1.54) is 6.92 Å². The van der Waals surface area contributed by atoms with Gasteiger partial charge in [-0.1, -0.05) is 17.7 Å². The van der Waals surface area contributed by atoms with Gasteiger partial charge in [0.1, 0.15) is 0 Å². The summed E-state index contributed by atoms with van der Waals surface area (Å²) in [7, 11) is 3.90. The molecule has 0 saturated carbocycles. The summed E-state index contributed by atoms with van der Waals surface area (Å²) in [4.78, 5) is 27.5. The number of aryl methyl sites for hydroxylation is 2. The predicted molar refractivity (Wildman–Crippen MR) is 95.1 cm³/mol. The SMILES string of the molecule is CC(=O)N(CCC(=O)NCCN(C)C)c1c(C)cc(C)cc1Cl. The van der Waals surface area contributed by atoms with Crippen LogP contribution in [0.15, 0.2) is 12.1 Å². The van der Waals surface area contributed by atoms with Gasteiger partial charge < -0.3 is 15.1 Å². The third kappa shape index (κ3) is 6.20. The van der Waals surface area contributed by atoms with E-state index in [1.807, 2.05) is 45.0 Å². The number of anilines is 1. The molecule has 0 unspecified atom stereocenters. The molecule has 2 amide bonds. The van der Waals surface area contributed by atoms with Crippen molar-refractivity contribution >= 4 is 29.1 Å². The number of hydrogen-bond donors (Lipinski definition) is 1. The van der Waals surface area contributed by atoms with Crippen LogP contribution in [0.1, 0.15) is 24.5 Å². The lowest BCUT2D eigenvalue weighted by Crippen LogP contribution is -2.36. The average molecular weight is 340 g/mol. The van der Waals surface area contributed by atoms with Crippen molar-refractivity contribution in [1.82, 2.24) is 10.2 Å². The maximum Gasteiger partial charge on any atom is 0.223 e. The summed E-state index contributed by atoms with van der Waals surface area (Å²) in [5, 5.41) is 3.38. The summed E-state index contributed by atoms with van der Waals surface area (Å²) in [5.41, 5.74) is 2.66. The molecule has 0 atom stereocenters. The Morgan fingerprint density at radius 2 is 1.83 bits per heavy atom. The van der Waals surface area contributed by atoms with Gasteiger partial charge in [-0.05, 0) is 45.1 Å². The Morgan fingerprint density at radius 1 is 1.17 bits per heavy atom. The van der Waals surface area contributed by atoms with E-state index in [0.29, 0.717) is 23.8 Å². The summed E-state index contributed by atoms with van der Waals surface area (Å²) in [6.07, 6.45) is 0.247. The zero-order valence-corrected chi connectivity index (χ0v) is 15.3. The lowest BCUT2D eigenvalue weighted by atomic mass is 10.1. The van der Waals surface area contributed by atoms with Gasteiger partial charge in [0, 0.05) is 33.0 Å². The molecular weight excluding hydrogens is 314 g/mol. The van der Waals surface area contributed by atoms with Crippen LogP contribution in [-0.2, 0) is 9.59 Å². The molecule has 0 aliphatic heterocycles. The van der Waals surface area contributed by atoms with Gasteiger partial charge in [-0.2, -0.15) is 0 Å². The summed E-state index contributed by atoms with van der Waals surface area (Å²) >= 11 is 6.31. The van der Waals surface area contributed by atoms with Crippen molar-refractivity contribution in [2.24, 2.45) is 0 Å². The lowest BCUT2D eigenvalue weighted by Gasteiger charge is -2.24. The number of halogens is 1. The molecule has 0 radical (unpaired) electrons. The fraction of sp³-hybridized carbons (Fsp3) is 0.529. The number of carbonyl (C=O) groups excluding carboxylic acids is 2. The van der Waals surface area contributed by atoms with Gasteiger partial charge in [-0.25, -0.2) is 0 Å². The number of hydrogen-bond acceptors (Lipinski definition) is 3. The fourth-order valence-corrected chi connectivity index (χ4v) is 2.82. The largest absolute Gasteiger partial charge is 0.355 e. The van der Waals surface area contributed by atoms with Gasteiger partial charge in [0.15, 0.2) is 0 Å². The molecule has 1 aromatic carbocycles. The van der Waals surface area contributed by atoms with Crippen molar-refractivity contribution in [1.29, 1.82) is 0 Å². The van der Waals surface area contributed by atoms with Crippen LogP contribution >= 0.6 is 11.6 Å². The smallest absolute Gasteiger partial charge is 0.223 e. The Kier molecular flexibility index (Phi) is 7.52. The van der Waals surface area contributed by atoms with Gasteiger partial charge in [-0.3, -0.25) is 9.59 Å². The van der Waals surface area contributed by atoms with Crippen LogP contribution in [-0.4, -0.2) is 50.4 Å². The molecule has 23 heavy (non-hydrogen) atoms. The zero-order valence-electron chi connectivity index (χ0n) is 14.6. The van der Waals surface area contributed by atoms with E-state index in [-0.39, 0.29) is 18.2 Å². The van der Waals surface area contributed by atoms with Crippen LogP contribution in [0.5, 0.6) is 0 Å². The minimum Gasteiger partial charge on any atom is -0.355 e. The van der Waals surface area contributed by atoms with Gasteiger partial charge in [0.25, 0.3) is 0 Å². The third-order valence-electron chi connectivity index (χ3n) is 3.49. The molecule has 0 saturated heterocycles. The topological polar surface area (TPSA) is 52.7 Å². The molecule has 6 heteroatoms. The van der Waals surface area contributed by atoms with Gasteiger partial charge >= 0.3 is 0 Å². The van der Waals surface area contributed by atoms with Crippen LogP contribution in [0.4, 0.5) is 5.69 Å². The molecule has 0 fully saturated rings. The van der Waals surface area contributed by atoms with E-state index >= 15 is 0 Å². The van der Waals surface area contributed by atoms with Gasteiger partial charge in [-0.15, -0.1) is 0 Å². The van der Waals surface area contributed by atoms with E-state index < -0.39 is 0 Å². The van der Waals surface area contributed by atoms with Crippen LogP contribution in [0.2, 0.25) is 5.02 Å². The molecule has 0 aliphatic carbocycles. The molecule has 0 bridgehead atoms. The molecule has 5 nitrogen and oxygen atoms in total. The molecule has 128 valence electrons. The number of amides is 2. The molecular formula is C17H26ClN3O2. The van der Waals surface area contributed by atoms with Crippen LogP contribution in [0, 0.1) is 13.8 Å². The standard InChI is InChI=1S/C17H26ClN3O2/c1-12-10-13(2)17(15(18)11-12)21(14(3)22)8-6-16(23)19-7-9-20(4)5/h10-11H,6-9H2,1-5H3,(H,19,23). The van der Waals surface area contributed by atoms with E-state index in [4.69, 9.17) is 11.6 Å². The Labute approximate surface area is 143 Å². The van der Waals surface area contributed by atoms with Crippen molar-refractivity contribution in [3.05, 3.63) is 28.3 Å². The summed E-state index contributed by atoms with van der Waals surface area (Å²) in [6, 6.07) is 3.81. The summed E-state index contributed by atoms with van der Waals surface area (Å²) in [5.74, 6) is -0.195. The minimum atomic E-state index is -0.125. The highest BCUT2D eigenvalue weighted by Gasteiger charge is 2.18. The highest BCUT2D eigenvalue weighted by atomic mass is 35.5. The highest BCUT2D eigenvalue weighted by molar-refractivity contribution is 6.34. The number of benzene rings is 1. The first-order valence-electron chi connectivity index (χ1n) is 7.68. The van der Waals surface area contributed by atoms with Crippen molar-refractivity contribution < 1.29 is 9.59 Å². The van der Waals surface area contributed by atoms with Crippen LogP contribution in [0.25, 0.3) is 0 Å². The van der Waals surface area contributed by atoms with E-state index in [9.17, 15) is 9.59 Å². The Hall–Kier alpha value is -1.59. The third-order valence-corrected chi connectivity index (χ3v) is 3.78. The van der Waals surface area contributed by atoms with Crippen molar-refractivity contribution in [2.75, 3.05) is 38.6 Å². The van der Waals surface area contributed by atoms with Crippen LogP contribution in [0.3, 0.4) is 0 Å². The second-order valence-corrected chi connectivity index (χ2v) is 6.39. The molecule has 0 aliphatic rings. The first-order valence-corrected chi connectivity index (χ1v) is 8.06. The molecule has 0 heterocycles. The molecule has 0 spiro atoms. The highest BCUT2D eigenvalue weighted by Crippen LogP contribution is 2.31. The molecule has 1 N–H and O–H groups in total. The fourth-order valence-electron chi connectivity index (χ4n) is 2.40. The lowest BCUT2D eigenvalue weighted by molar-refractivity contribution is -0.121. The Bertz CT molecular complexity index is 550. The quantitative estimate of drug-likeness (QED) is 0.829. The van der Waals surface area contributed by atoms with Crippen LogP contribution < -0.4 is 10.2 Å². The monoisotopic (exact) mass is 339 g/mol. The maximum atomic E-state index is 12.0. The first kappa shape index (κ1) is 19.5. The van der Waals surface area contributed by atoms with Crippen molar-refractivity contribution in [2.45, 2.75) is 27.2 Å². The number of likely N-dealkylation sites (N-methyl/N-ethyl adjacent to an activating group) is 1. The normalized spacial score (nSPS) is 10.7. The summed E-state index contributed by atoms with van der Waals surface area (Å²) in [6.45, 7) is 7.05. The molecule has 1 rings (SSSR count). The number of nitrogens with one attached hydrogen (secondary N) is 1. The Balaban J connectivity index is 2.74. The zero-order chi connectivity index (χ0) is 17.6. The number of carbonyl (C=O) groups is 2. The van der Waals surface area contributed by atoms with Gasteiger partial charge in [0.05, 0.1) is 10.7 Å². The second-order valence-electron chi connectivity index (χ2n) is 5.99. The predicted octanol–water partition coefficient (Wildman–Crippen LogP) is 2.38. The number of rotatable bonds is 7.